The molecular formula is C25H19NO2. The van der Waals surface area contributed by atoms with Crippen molar-refractivity contribution in [2.75, 3.05) is 0 Å². The van der Waals surface area contributed by atoms with Gasteiger partial charge in [0.25, 0.3) is 5.91 Å². The lowest BCUT2D eigenvalue weighted by Gasteiger charge is -2.27. The van der Waals surface area contributed by atoms with Gasteiger partial charge in [-0.25, -0.2) is 0 Å². The van der Waals surface area contributed by atoms with Crippen LogP contribution >= 0.6 is 0 Å². The van der Waals surface area contributed by atoms with Crippen molar-refractivity contribution >= 4 is 16.7 Å². The van der Waals surface area contributed by atoms with Crippen molar-refractivity contribution in [3.8, 4) is 5.75 Å². The van der Waals surface area contributed by atoms with Gasteiger partial charge in [-0.1, -0.05) is 78.9 Å². The summed E-state index contributed by atoms with van der Waals surface area (Å²) in [6.07, 6.45) is 0. The number of hydrogen-bond acceptors (Lipinski definition) is 2. The van der Waals surface area contributed by atoms with E-state index in [4.69, 9.17) is 0 Å². The molecule has 0 saturated carbocycles. The van der Waals surface area contributed by atoms with Gasteiger partial charge in [-0.15, -0.1) is 0 Å². The lowest BCUT2D eigenvalue weighted by atomic mass is 9.92. The van der Waals surface area contributed by atoms with Crippen LogP contribution in [0.15, 0.2) is 91.0 Å². The second-order valence-corrected chi connectivity index (χ2v) is 7.13. The highest BCUT2D eigenvalue weighted by Gasteiger charge is 2.39. The summed E-state index contributed by atoms with van der Waals surface area (Å²) >= 11 is 0. The second kappa shape index (κ2) is 6.54. The average Bonchev–Trinajstić information content (AvgIpc) is 3.01. The van der Waals surface area contributed by atoms with E-state index in [1.54, 1.807) is 6.07 Å². The number of carbonyl (C=O) groups is 1. The molecule has 0 saturated heterocycles. The van der Waals surface area contributed by atoms with E-state index >= 15 is 0 Å². The molecule has 3 heteroatoms. The summed E-state index contributed by atoms with van der Waals surface area (Å²) in [7, 11) is 0. The molecule has 1 amide bonds. The number of aromatic hydroxyl groups is 1. The third-order valence-corrected chi connectivity index (χ3v) is 5.48. The van der Waals surface area contributed by atoms with Crippen molar-refractivity contribution in [3.05, 3.63) is 113 Å². The molecule has 136 valence electrons. The van der Waals surface area contributed by atoms with E-state index in [0.717, 1.165) is 27.5 Å². The molecule has 1 N–H and O–H groups in total. The van der Waals surface area contributed by atoms with Crippen molar-refractivity contribution in [3.63, 3.8) is 0 Å². The number of phenolic OH excluding ortho intramolecular Hbond substituents is 1. The zero-order valence-corrected chi connectivity index (χ0v) is 15.2. The number of nitrogens with zero attached hydrogens (tertiary/aromatic N) is 1. The van der Waals surface area contributed by atoms with Gasteiger partial charge in [-0.2, -0.15) is 0 Å². The summed E-state index contributed by atoms with van der Waals surface area (Å²) in [5, 5.41) is 12.8. The molecule has 0 fully saturated rings. The standard InChI is InChI=1S/C25H19NO2/c27-22-15-14-18-10-4-5-11-19(18)23(22)24-20-12-6-7-13-21(20)25(28)26(24)16-17-8-2-1-3-9-17/h1-15,24,27H,16H2. The maximum atomic E-state index is 13.3. The number of benzene rings is 4. The van der Waals surface area contributed by atoms with Gasteiger partial charge in [-0.05, 0) is 34.0 Å². The zero-order chi connectivity index (χ0) is 19.1. The van der Waals surface area contributed by atoms with Crippen LogP contribution in [0.1, 0.15) is 33.1 Å². The Bertz CT molecular complexity index is 1180. The molecular weight excluding hydrogens is 346 g/mol. The van der Waals surface area contributed by atoms with Crippen LogP contribution in [0.5, 0.6) is 5.75 Å². The lowest BCUT2D eigenvalue weighted by molar-refractivity contribution is 0.0735. The van der Waals surface area contributed by atoms with Crippen LogP contribution < -0.4 is 0 Å². The van der Waals surface area contributed by atoms with Crippen LogP contribution in [-0.2, 0) is 6.54 Å². The van der Waals surface area contributed by atoms with E-state index in [1.807, 2.05) is 89.8 Å². The number of carbonyl (C=O) groups excluding carboxylic acids is 1. The molecule has 28 heavy (non-hydrogen) atoms. The Morgan fingerprint density at radius 3 is 2.36 bits per heavy atom. The van der Waals surface area contributed by atoms with Crippen LogP contribution in [0.3, 0.4) is 0 Å². The lowest BCUT2D eigenvalue weighted by Crippen LogP contribution is -2.28. The molecule has 3 nitrogen and oxygen atoms in total. The van der Waals surface area contributed by atoms with Gasteiger partial charge in [0, 0.05) is 17.7 Å². The first-order valence-corrected chi connectivity index (χ1v) is 9.38. The summed E-state index contributed by atoms with van der Waals surface area (Å²) in [6, 6.07) is 29.0. The van der Waals surface area contributed by atoms with Gasteiger partial charge in [0.1, 0.15) is 5.75 Å². The van der Waals surface area contributed by atoms with Gasteiger partial charge in [0.15, 0.2) is 0 Å². The summed E-state index contributed by atoms with van der Waals surface area (Å²) in [6.45, 7) is 0.488. The Hall–Kier alpha value is -3.59. The van der Waals surface area contributed by atoms with Gasteiger partial charge >= 0.3 is 0 Å². The quantitative estimate of drug-likeness (QED) is 0.536. The normalized spacial score (nSPS) is 15.8. The third kappa shape index (κ3) is 2.55. The van der Waals surface area contributed by atoms with Crippen LogP contribution in [-0.4, -0.2) is 15.9 Å². The smallest absolute Gasteiger partial charge is 0.255 e. The minimum Gasteiger partial charge on any atom is -0.508 e. The number of amides is 1. The topological polar surface area (TPSA) is 40.5 Å². The first kappa shape index (κ1) is 16.6. The summed E-state index contributed by atoms with van der Waals surface area (Å²) < 4.78 is 0. The largest absolute Gasteiger partial charge is 0.508 e. The summed E-state index contributed by atoms with van der Waals surface area (Å²) in [5.74, 6) is 0.211. The van der Waals surface area contributed by atoms with Gasteiger partial charge in [-0.3, -0.25) is 4.79 Å². The van der Waals surface area contributed by atoms with E-state index in [-0.39, 0.29) is 17.7 Å². The Labute approximate surface area is 163 Å². The fourth-order valence-electron chi connectivity index (χ4n) is 4.20. The van der Waals surface area contributed by atoms with E-state index in [2.05, 4.69) is 0 Å². The van der Waals surface area contributed by atoms with Crippen molar-refractivity contribution in [1.29, 1.82) is 0 Å². The second-order valence-electron chi connectivity index (χ2n) is 7.13. The molecule has 1 heterocycles. The Balaban J connectivity index is 1.73. The molecule has 1 unspecified atom stereocenters. The SMILES string of the molecule is O=C1c2ccccc2C(c2c(O)ccc3ccccc23)N1Cc1ccccc1. The average molecular weight is 365 g/mol. The number of fused-ring (bicyclic) bond motifs is 2. The first-order valence-electron chi connectivity index (χ1n) is 9.38. The van der Waals surface area contributed by atoms with Crippen molar-refractivity contribution in [2.45, 2.75) is 12.6 Å². The zero-order valence-electron chi connectivity index (χ0n) is 15.2. The number of rotatable bonds is 3. The Kier molecular flexibility index (Phi) is 3.87. The van der Waals surface area contributed by atoms with Crippen LogP contribution in [0, 0.1) is 0 Å². The van der Waals surface area contributed by atoms with Gasteiger partial charge in [0.05, 0.1) is 6.04 Å². The molecule has 0 bridgehead atoms. The Morgan fingerprint density at radius 1 is 0.786 bits per heavy atom. The molecule has 0 aromatic heterocycles. The maximum Gasteiger partial charge on any atom is 0.255 e. The molecule has 4 aromatic rings. The molecule has 4 aromatic carbocycles. The summed E-state index contributed by atoms with van der Waals surface area (Å²) in [5.41, 5.74) is 3.49. The van der Waals surface area contributed by atoms with Crippen molar-refractivity contribution < 1.29 is 9.90 Å². The molecule has 0 aliphatic carbocycles. The fraction of sp³-hybridized carbons (Fsp3) is 0.0800. The molecule has 1 atom stereocenters. The predicted molar refractivity (Wildman–Crippen MR) is 110 cm³/mol. The maximum absolute atomic E-state index is 13.3. The van der Waals surface area contributed by atoms with Gasteiger partial charge < -0.3 is 10.0 Å². The minimum absolute atomic E-state index is 0.00297. The summed E-state index contributed by atoms with van der Waals surface area (Å²) in [4.78, 5) is 15.1. The van der Waals surface area contributed by atoms with Gasteiger partial charge in [0.2, 0.25) is 0 Å². The van der Waals surface area contributed by atoms with E-state index < -0.39 is 0 Å². The highest BCUT2D eigenvalue weighted by molar-refractivity contribution is 6.01. The molecule has 0 radical (unpaired) electrons. The highest BCUT2D eigenvalue weighted by atomic mass is 16.3. The molecule has 1 aliphatic heterocycles. The fourth-order valence-corrected chi connectivity index (χ4v) is 4.20. The van der Waals surface area contributed by atoms with Crippen molar-refractivity contribution in [1.82, 2.24) is 4.90 Å². The molecule has 1 aliphatic rings. The van der Waals surface area contributed by atoms with E-state index in [9.17, 15) is 9.90 Å². The third-order valence-electron chi connectivity index (χ3n) is 5.48. The number of phenols is 1. The first-order chi connectivity index (χ1) is 13.7. The monoisotopic (exact) mass is 365 g/mol. The highest BCUT2D eigenvalue weighted by Crippen LogP contribution is 2.45. The van der Waals surface area contributed by atoms with E-state index in [0.29, 0.717) is 12.1 Å². The van der Waals surface area contributed by atoms with Crippen molar-refractivity contribution in [2.24, 2.45) is 0 Å². The van der Waals surface area contributed by atoms with Crippen LogP contribution in [0.25, 0.3) is 10.8 Å². The Morgan fingerprint density at radius 2 is 1.50 bits per heavy atom. The van der Waals surface area contributed by atoms with Crippen LogP contribution in [0.2, 0.25) is 0 Å². The predicted octanol–water partition coefficient (Wildman–Crippen LogP) is 5.29. The molecule has 0 spiro atoms. The van der Waals surface area contributed by atoms with E-state index in [1.165, 1.54) is 0 Å². The molecule has 5 rings (SSSR count). The van der Waals surface area contributed by atoms with Crippen LogP contribution in [0.4, 0.5) is 0 Å². The minimum atomic E-state index is -0.324. The number of hydrogen-bond donors (Lipinski definition) is 1.